The van der Waals surface area contributed by atoms with E-state index in [1.807, 2.05) is 4.90 Å². The Bertz CT molecular complexity index is 1550. The van der Waals surface area contributed by atoms with Gasteiger partial charge < -0.3 is 20.7 Å². The summed E-state index contributed by atoms with van der Waals surface area (Å²) in [5.74, 6) is -0.873. The van der Waals surface area contributed by atoms with Crippen LogP contribution in [0.2, 0.25) is 5.02 Å². The molecule has 0 amide bonds. The van der Waals surface area contributed by atoms with Gasteiger partial charge in [-0.05, 0) is 50.4 Å². The maximum Gasteiger partial charge on any atom is 0.419 e. The van der Waals surface area contributed by atoms with Gasteiger partial charge in [0.15, 0.2) is 5.82 Å². The summed E-state index contributed by atoms with van der Waals surface area (Å²) < 4.78 is 78.9. The Kier molecular flexibility index (Phi) is 6.63. The molecule has 4 aliphatic rings. The summed E-state index contributed by atoms with van der Waals surface area (Å²) in [6.45, 7) is 2.48. The molecule has 0 spiro atoms. The smallest absolute Gasteiger partial charge is 0.419 e. The first-order chi connectivity index (χ1) is 20.0. The van der Waals surface area contributed by atoms with Gasteiger partial charge in [0.1, 0.15) is 35.5 Å². The zero-order valence-electron chi connectivity index (χ0n) is 22.5. The highest BCUT2D eigenvalue weighted by Gasteiger charge is 2.49. The lowest BCUT2D eigenvalue weighted by molar-refractivity contribution is -0.137. The third kappa shape index (κ3) is 4.69. The lowest BCUT2D eigenvalue weighted by Gasteiger charge is -2.34. The molecule has 1 aromatic carbocycles. The fourth-order valence-corrected chi connectivity index (χ4v) is 7.54. The van der Waals surface area contributed by atoms with E-state index in [2.05, 4.69) is 25.2 Å². The van der Waals surface area contributed by atoms with Crippen LogP contribution in [-0.2, 0) is 6.18 Å². The highest BCUT2D eigenvalue weighted by molar-refractivity contribution is 6.32. The molecule has 4 aliphatic heterocycles. The van der Waals surface area contributed by atoms with E-state index in [1.54, 1.807) is 0 Å². The van der Waals surface area contributed by atoms with Crippen LogP contribution in [0.25, 0.3) is 22.2 Å². The van der Waals surface area contributed by atoms with Gasteiger partial charge in [0.25, 0.3) is 0 Å². The molecule has 0 unspecified atom stereocenters. The van der Waals surface area contributed by atoms with Crippen molar-refractivity contribution in [3.63, 3.8) is 0 Å². The summed E-state index contributed by atoms with van der Waals surface area (Å²) in [4.78, 5) is 17.0. The van der Waals surface area contributed by atoms with E-state index in [9.17, 15) is 17.6 Å². The van der Waals surface area contributed by atoms with E-state index in [4.69, 9.17) is 22.1 Å². The van der Waals surface area contributed by atoms with Crippen LogP contribution in [0.15, 0.2) is 18.2 Å². The molecular weight excluding hydrogens is 581 g/mol. The lowest BCUT2D eigenvalue weighted by Crippen LogP contribution is -2.51. The highest BCUT2D eigenvalue weighted by Crippen LogP contribution is 2.44. The van der Waals surface area contributed by atoms with Crippen LogP contribution in [-0.4, -0.2) is 76.4 Å². The molecule has 8 nitrogen and oxygen atoms in total. The molecule has 7 rings (SSSR count). The van der Waals surface area contributed by atoms with Gasteiger partial charge in [-0.15, -0.1) is 0 Å². The van der Waals surface area contributed by atoms with Crippen LogP contribution in [0.5, 0.6) is 6.01 Å². The fraction of sp³-hybridized carbons (Fsp3) is 0.536. The SMILES string of the molecule is Nc1cc(Cl)c(C(F)(F)F)c(-c2ccc3c(N4C[C@H]5CC[C@@H](C4)N5)nc(OC[C@@]45CCCN4C[C@H](F)C5)nc3c2F)n1. The van der Waals surface area contributed by atoms with Crippen molar-refractivity contribution >= 4 is 34.1 Å². The number of fused-ring (bicyclic) bond motifs is 4. The molecular formula is C28H29ClF5N7O. The standard InChI is InChI=1S/C28H29ClF5N7O/c29-19-8-20(35)37-23(21(19)28(32,33)34)17-4-5-18-24(22(17)31)38-26(39-25(18)40-11-15-2-3-16(12-40)36-15)42-13-27-6-1-7-41(27)10-14(30)9-27/h4-5,8,14-16,36H,1-3,6-7,9-13H2,(H2,35,37)/t14-,15-,16+,27+/m1/s1. The minimum atomic E-state index is -4.91. The Balaban J connectivity index is 1.35. The maximum absolute atomic E-state index is 16.4. The van der Waals surface area contributed by atoms with E-state index < -0.39 is 45.5 Å². The number of nitrogen functional groups attached to an aromatic ring is 1. The maximum atomic E-state index is 16.4. The van der Waals surface area contributed by atoms with Crippen LogP contribution in [0, 0.1) is 5.82 Å². The van der Waals surface area contributed by atoms with Crippen molar-refractivity contribution in [3.05, 3.63) is 34.6 Å². The zero-order valence-corrected chi connectivity index (χ0v) is 23.3. The number of ether oxygens (including phenoxy) is 1. The van der Waals surface area contributed by atoms with Crippen molar-refractivity contribution in [1.82, 2.24) is 25.2 Å². The number of nitrogens with zero attached hydrogens (tertiary/aromatic N) is 5. The van der Waals surface area contributed by atoms with Crippen LogP contribution >= 0.6 is 11.6 Å². The topological polar surface area (TPSA) is 92.4 Å². The molecule has 0 saturated carbocycles. The van der Waals surface area contributed by atoms with E-state index in [-0.39, 0.29) is 36.0 Å². The quantitative estimate of drug-likeness (QED) is 0.392. The first-order valence-corrected chi connectivity index (χ1v) is 14.5. The number of nitrogens with one attached hydrogen (secondary N) is 1. The molecule has 2 bridgehead atoms. The molecule has 4 atom stereocenters. The number of pyridine rings is 1. The van der Waals surface area contributed by atoms with Crippen LogP contribution in [0.1, 0.15) is 37.7 Å². The summed E-state index contributed by atoms with van der Waals surface area (Å²) in [5, 5.41) is 3.19. The van der Waals surface area contributed by atoms with Gasteiger partial charge in [-0.2, -0.15) is 23.1 Å². The molecule has 4 fully saturated rings. The summed E-state index contributed by atoms with van der Waals surface area (Å²) in [7, 11) is 0. The Labute approximate surface area is 243 Å². The van der Waals surface area contributed by atoms with Crippen molar-refractivity contribution in [1.29, 1.82) is 0 Å². The second-order valence-corrected chi connectivity index (χ2v) is 12.2. The van der Waals surface area contributed by atoms with E-state index >= 15 is 4.39 Å². The number of halogens is 6. The number of alkyl halides is 4. The predicted octanol–water partition coefficient (Wildman–Crippen LogP) is 4.98. The minimum absolute atomic E-state index is 0.113. The molecule has 42 heavy (non-hydrogen) atoms. The molecule has 3 N–H and O–H groups in total. The average Bonchev–Trinajstić information content (AvgIpc) is 3.56. The summed E-state index contributed by atoms with van der Waals surface area (Å²) in [6.07, 6.45) is -1.88. The monoisotopic (exact) mass is 609 g/mol. The second-order valence-electron chi connectivity index (χ2n) is 11.8. The minimum Gasteiger partial charge on any atom is -0.461 e. The number of anilines is 2. The number of hydrogen-bond acceptors (Lipinski definition) is 8. The second kappa shape index (κ2) is 10.0. The van der Waals surface area contributed by atoms with E-state index in [0.717, 1.165) is 38.3 Å². The fourth-order valence-electron chi connectivity index (χ4n) is 7.23. The summed E-state index contributed by atoms with van der Waals surface area (Å²) in [6, 6.07) is 3.97. The summed E-state index contributed by atoms with van der Waals surface area (Å²) >= 11 is 5.93. The van der Waals surface area contributed by atoms with Crippen molar-refractivity contribution in [3.8, 4) is 17.3 Å². The van der Waals surface area contributed by atoms with Crippen molar-refractivity contribution in [2.24, 2.45) is 0 Å². The third-order valence-electron chi connectivity index (χ3n) is 9.04. The van der Waals surface area contributed by atoms with E-state index in [1.165, 1.54) is 12.1 Å². The third-order valence-corrected chi connectivity index (χ3v) is 9.34. The molecule has 0 radical (unpaired) electrons. The molecule has 4 saturated heterocycles. The van der Waals surface area contributed by atoms with Crippen molar-refractivity contribution < 1.29 is 26.7 Å². The van der Waals surface area contributed by atoms with Gasteiger partial charge in [-0.3, -0.25) is 4.90 Å². The molecule has 0 aliphatic carbocycles. The Hall–Kier alpha value is -3.03. The number of aromatic nitrogens is 3. The van der Waals surface area contributed by atoms with Crippen LogP contribution in [0.4, 0.5) is 33.6 Å². The summed E-state index contributed by atoms with van der Waals surface area (Å²) in [5.41, 5.74) is 2.57. The Morgan fingerprint density at radius 2 is 1.88 bits per heavy atom. The number of hydrogen-bond donors (Lipinski definition) is 2. The normalized spacial score (nSPS) is 27.7. The van der Waals surface area contributed by atoms with Gasteiger partial charge in [0, 0.05) is 49.1 Å². The molecule has 6 heterocycles. The first-order valence-electron chi connectivity index (χ1n) is 14.1. The Morgan fingerprint density at radius 3 is 2.62 bits per heavy atom. The zero-order chi connectivity index (χ0) is 29.4. The number of rotatable bonds is 5. The van der Waals surface area contributed by atoms with Gasteiger partial charge in [0.2, 0.25) is 0 Å². The molecule has 3 aromatic rings. The van der Waals surface area contributed by atoms with Crippen LogP contribution < -0.4 is 20.7 Å². The highest BCUT2D eigenvalue weighted by atomic mass is 35.5. The average molecular weight is 610 g/mol. The molecule has 2 aromatic heterocycles. The molecule has 14 heteroatoms. The number of nitrogens with two attached hydrogens (primary N) is 1. The van der Waals surface area contributed by atoms with Gasteiger partial charge in [0.05, 0.1) is 16.3 Å². The first kappa shape index (κ1) is 27.8. The Morgan fingerprint density at radius 1 is 1.12 bits per heavy atom. The van der Waals surface area contributed by atoms with Crippen molar-refractivity contribution in [2.75, 3.05) is 43.4 Å². The van der Waals surface area contributed by atoms with Gasteiger partial charge in [-0.1, -0.05) is 11.6 Å². The molecule has 224 valence electrons. The van der Waals surface area contributed by atoms with Crippen molar-refractivity contribution in [2.45, 2.75) is 62.1 Å². The largest absolute Gasteiger partial charge is 0.461 e. The number of benzene rings is 1. The van der Waals surface area contributed by atoms with Gasteiger partial charge >= 0.3 is 12.2 Å². The predicted molar refractivity (Wildman–Crippen MR) is 148 cm³/mol. The number of piperazine rings is 1. The van der Waals surface area contributed by atoms with E-state index in [0.29, 0.717) is 37.3 Å². The van der Waals surface area contributed by atoms with Crippen LogP contribution in [0.3, 0.4) is 0 Å². The van der Waals surface area contributed by atoms with Gasteiger partial charge in [-0.25, -0.2) is 13.8 Å². The lowest BCUT2D eigenvalue weighted by atomic mass is 9.95.